The quantitative estimate of drug-likeness (QED) is 0.563. The van der Waals surface area contributed by atoms with Crippen LogP contribution in [-0.2, 0) is 9.47 Å². The largest absolute Gasteiger partial charge is 0.394 e. The van der Waals surface area contributed by atoms with Gasteiger partial charge in [0.1, 0.15) is 6.10 Å². The van der Waals surface area contributed by atoms with Crippen molar-refractivity contribution in [2.75, 3.05) is 26.4 Å². The van der Waals surface area contributed by atoms with Crippen molar-refractivity contribution in [3.63, 3.8) is 0 Å². The first-order valence-corrected chi connectivity index (χ1v) is 7.59. The summed E-state index contributed by atoms with van der Waals surface area (Å²) >= 11 is 12.1. The lowest BCUT2D eigenvalue weighted by atomic mass is 10.2. The van der Waals surface area contributed by atoms with E-state index in [9.17, 15) is 0 Å². The van der Waals surface area contributed by atoms with Crippen LogP contribution in [0, 0.1) is 0 Å². The highest BCUT2D eigenvalue weighted by Crippen LogP contribution is 2.08. The van der Waals surface area contributed by atoms with Crippen LogP contribution in [0.1, 0.15) is 39.5 Å². The second-order valence-corrected chi connectivity index (χ2v) is 5.68. The lowest BCUT2D eigenvalue weighted by Gasteiger charge is -2.18. The van der Waals surface area contributed by atoms with Gasteiger partial charge in [-0.1, -0.05) is 26.7 Å². The highest BCUT2D eigenvalue weighted by molar-refractivity contribution is 6.20. The normalized spacial score (nSPS) is 16.5. The molecule has 1 N–H and O–H groups in total. The van der Waals surface area contributed by atoms with E-state index in [0.29, 0.717) is 19.8 Å². The van der Waals surface area contributed by atoms with Gasteiger partial charge in [-0.2, -0.15) is 0 Å². The molecule has 0 aromatic carbocycles. The van der Waals surface area contributed by atoms with E-state index < -0.39 is 0 Å². The molecule has 0 rings (SSSR count). The van der Waals surface area contributed by atoms with Crippen LogP contribution in [0.25, 0.3) is 0 Å². The van der Waals surface area contributed by atoms with Crippen LogP contribution in [0.15, 0.2) is 0 Å². The fourth-order valence-corrected chi connectivity index (χ4v) is 2.11. The lowest BCUT2D eigenvalue weighted by Crippen LogP contribution is -2.28. The zero-order valence-electron chi connectivity index (χ0n) is 11.4. The summed E-state index contributed by atoms with van der Waals surface area (Å²) < 4.78 is 10.9. The SMILES string of the molecule is CCCC(Cl)COCC(CO)OCC(Cl)CCC. The molecule has 3 atom stereocenters. The summed E-state index contributed by atoms with van der Waals surface area (Å²) in [5, 5.41) is 9.20. The van der Waals surface area contributed by atoms with Crippen LogP contribution in [0.2, 0.25) is 0 Å². The van der Waals surface area contributed by atoms with Gasteiger partial charge in [-0.15, -0.1) is 23.2 Å². The fraction of sp³-hybridized carbons (Fsp3) is 1.00. The zero-order valence-corrected chi connectivity index (χ0v) is 12.9. The molecule has 0 aromatic heterocycles. The number of hydrogen-bond donors (Lipinski definition) is 1. The molecule has 0 radical (unpaired) electrons. The fourth-order valence-electron chi connectivity index (χ4n) is 1.51. The van der Waals surface area contributed by atoms with Gasteiger partial charge in [-0.25, -0.2) is 0 Å². The summed E-state index contributed by atoms with van der Waals surface area (Å²) in [6.07, 6.45) is 3.62. The maximum absolute atomic E-state index is 9.16. The van der Waals surface area contributed by atoms with Crippen LogP contribution >= 0.6 is 23.2 Å². The first kappa shape index (κ1) is 18.5. The minimum Gasteiger partial charge on any atom is -0.394 e. The second-order valence-electron chi connectivity index (χ2n) is 4.45. The van der Waals surface area contributed by atoms with Crippen LogP contribution < -0.4 is 0 Å². The van der Waals surface area contributed by atoms with Gasteiger partial charge in [-0.05, 0) is 12.8 Å². The molecule has 0 aromatic rings. The van der Waals surface area contributed by atoms with Crippen molar-refractivity contribution in [2.24, 2.45) is 0 Å². The molecule has 0 aliphatic heterocycles. The first-order chi connectivity index (χ1) is 8.63. The Bertz CT molecular complexity index is 182. The van der Waals surface area contributed by atoms with Crippen LogP contribution in [0.4, 0.5) is 0 Å². The molecule has 0 saturated heterocycles. The third kappa shape index (κ3) is 10.4. The van der Waals surface area contributed by atoms with E-state index in [-0.39, 0.29) is 23.5 Å². The van der Waals surface area contributed by atoms with E-state index in [2.05, 4.69) is 13.8 Å². The standard InChI is InChI=1S/C13H26Cl2O3/c1-3-5-11(14)8-17-10-13(7-16)18-9-12(15)6-4-2/h11-13,16H,3-10H2,1-2H3. The number of rotatable bonds is 12. The Labute approximate surface area is 121 Å². The molecule has 3 nitrogen and oxygen atoms in total. The number of aliphatic hydroxyl groups excluding tert-OH is 1. The molecule has 0 amide bonds. The number of halogens is 2. The van der Waals surface area contributed by atoms with Crippen molar-refractivity contribution < 1.29 is 14.6 Å². The monoisotopic (exact) mass is 300 g/mol. The lowest BCUT2D eigenvalue weighted by molar-refractivity contribution is -0.0424. The van der Waals surface area contributed by atoms with Gasteiger partial charge in [0, 0.05) is 0 Å². The number of hydrogen-bond acceptors (Lipinski definition) is 3. The van der Waals surface area contributed by atoms with Crippen molar-refractivity contribution in [3.05, 3.63) is 0 Å². The molecule has 18 heavy (non-hydrogen) atoms. The Hall–Kier alpha value is 0.460. The number of aliphatic hydroxyl groups is 1. The Morgan fingerprint density at radius 2 is 1.50 bits per heavy atom. The Morgan fingerprint density at radius 1 is 0.944 bits per heavy atom. The summed E-state index contributed by atoms with van der Waals surface area (Å²) in [6.45, 7) is 5.41. The maximum atomic E-state index is 9.16. The van der Waals surface area contributed by atoms with Crippen LogP contribution in [0.5, 0.6) is 0 Å². The summed E-state index contributed by atoms with van der Waals surface area (Å²) in [7, 11) is 0. The summed E-state index contributed by atoms with van der Waals surface area (Å²) in [5.74, 6) is 0. The minimum absolute atomic E-state index is 0.00455. The van der Waals surface area contributed by atoms with Gasteiger partial charge >= 0.3 is 0 Å². The van der Waals surface area contributed by atoms with Crippen molar-refractivity contribution in [1.29, 1.82) is 0 Å². The van der Waals surface area contributed by atoms with Gasteiger partial charge in [0.2, 0.25) is 0 Å². The van der Waals surface area contributed by atoms with E-state index in [1.807, 2.05) is 0 Å². The molecule has 110 valence electrons. The molecule has 0 aliphatic carbocycles. The number of ether oxygens (including phenoxy) is 2. The Balaban J connectivity index is 3.63. The molecule has 0 saturated carbocycles. The predicted molar refractivity (Wildman–Crippen MR) is 76.7 cm³/mol. The van der Waals surface area contributed by atoms with Gasteiger partial charge < -0.3 is 14.6 Å². The van der Waals surface area contributed by atoms with Crippen molar-refractivity contribution in [3.8, 4) is 0 Å². The smallest absolute Gasteiger partial charge is 0.104 e. The van der Waals surface area contributed by atoms with E-state index in [1.165, 1.54) is 0 Å². The third-order valence-electron chi connectivity index (χ3n) is 2.52. The molecule has 0 fully saturated rings. The maximum Gasteiger partial charge on any atom is 0.104 e. The molecule has 0 bridgehead atoms. The van der Waals surface area contributed by atoms with E-state index in [4.69, 9.17) is 37.8 Å². The Morgan fingerprint density at radius 3 is 2.00 bits per heavy atom. The highest BCUT2D eigenvalue weighted by Gasteiger charge is 2.12. The van der Waals surface area contributed by atoms with Crippen LogP contribution in [0.3, 0.4) is 0 Å². The van der Waals surface area contributed by atoms with E-state index in [1.54, 1.807) is 0 Å². The summed E-state index contributed by atoms with van der Waals surface area (Å²) in [4.78, 5) is 0. The van der Waals surface area contributed by atoms with Crippen molar-refractivity contribution >= 4 is 23.2 Å². The average molecular weight is 301 g/mol. The first-order valence-electron chi connectivity index (χ1n) is 6.72. The zero-order chi connectivity index (χ0) is 13.8. The van der Waals surface area contributed by atoms with E-state index in [0.717, 1.165) is 25.7 Å². The molecule has 5 heteroatoms. The summed E-state index contributed by atoms with van der Waals surface area (Å²) in [6, 6.07) is 0. The molecule has 3 unspecified atom stereocenters. The van der Waals surface area contributed by atoms with Gasteiger partial charge in [0.15, 0.2) is 0 Å². The predicted octanol–water partition coefficient (Wildman–Crippen LogP) is 3.20. The molecular weight excluding hydrogens is 275 g/mol. The Kier molecular flexibility index (Phi) is 12.8. The third-order valence-corrected chi connectivity index (χ3v) is 3.21. The van der Waals surface area contributed by atoms with Gasteiger partial charge in [-0.3, -0.25) is 0 Å². The average Bonchev–Trinajstić information content (AvgIpc) is 2.34. The van der Waals surface area contributed by atoms with Gasteiger partial charge in [0.05, 0.1) is 37.2 Å². The van der Waals surface area contributed by atoms with E-state index >= 15 is 0 Å². The van der Waals surface area contributed by atoms with Gasteiger partial charge in [0.25, 0.3) is 0 Å². The van der Waals surface area contributed by atoms with Crippen molar-refractivity contribution in [2.45, 2.75) is 56.4 Å². The topological polar surface area (TPSA) is 38.7 Å². The van der Waals surface area contributed by atoms with Crippen LogP contribution in [-0.4, -0.2) is 48.4 Å². The molecule has 0 heterocycles. The minimum atomic E-state index is -0.311. The summed E-state index contributed by atoms with van der Waals surface area (Å²) in [5.41, 5.74) is 0. The van der Waals surface area contributed by atoms with Crippen molar-refractivity contribution in [1.82, 2.24) is 0 Å². The molecule has 0 spiro atoms. The highest BCUT2D eigenvalue weighted by atomic mass is 35.5. The molecular formula is C13H26Cl2O3. The number of alkyl halides is 2. The molecule has 0 aliphatic rings. The second kappa shape index (κ2) is 12.5.